The number of hydrogen-bond donors (Lipinski definition) is 3. The molecule has 1 aromatic rings. The lowest BCUT2D eigenvalue weighted by Gasteiger charge is -2.12. The first-order chi connectivity index (χ1) is 8.92. The highest BCUT2D eigenvalue weighted by Gasteiger charge is 2.17. The zero-order valence-corrected chi connectivity index (χ0v) is 9.94. The van der Waals surface area contributed by atoms with Gasteiger partial charge in [-0.3, -0.25) is 0 Å². The van der Waals surface area contributed by atoms with E-state index in [1.54, 1.807) is 0 Å². The minimum absolute atomic E-state index is 0.0840. The van der Waals surface area contributed by atoms with Crippen molar-refractivity contribution < 1.29 is 28.2 Å². The maximum atomic E-state index is 12.8. The van der Waals surface area contributed by atoms with E-state index in [9.17, 15) is 18.4 Å². The number of nitrogens with one attached hydrogen (secondary N) is 2. The third-order valence-electron chi connectivity index (χ3n) is 2.13. The number of methoxy groups -OCH3 is 1. The Balaban J connectivity index is 2.53. The van der Waals surface area contributed by atoms with Crippen molar-refractivity contribution in [3.8, 4) is 0 Å². The van der Waals surface area contributed by atoms with E-state index >= 15 is 0 Å². The highest BCUT2D eigenvalue weighted by molar-refractivity contribution is 5.89. The van der Waals surface area contributed by atoms with Crippen molar-refractivity contribution >= 4 is 17.7 Å². The lowest BCUT2D eigenvalue weighted by atomic mass is 10.3. The number of rotatable bonds is 5. The Hall–Kier alpha value is -2.22. The van der Waals surface area contributed by atoms with E-state index < -0.39 is 29.7 Å². The van der Waals surface area contributed by atoms with Gasteiger partial charge in [0.15, 0.2) is 6.10 Å². The maximum Gasteiger partial charge on any atom is 0.334 e. The van der Waals surface area contributed by atoms with E-state index in [0.717, 1.165) is 12.1 Å². The Morgan fingerprint density at radius 2 is 1.89 bits per heavy atom. The van der Waals surface area contributed by atoms with E-state index in [1.807, 2.05) is 0 Å². The van der Waals surface area contributed by atoms with Gasteiger partial charge in [-0.1, -0.05) is 0 Å². The van der Waals surface area contributed by atoms with Crippen LogP contribution in [0.3, 0.4) is 0 Å². The molecule has 0 bridgehead atoms. The molecule has 0 aliphatic heterocycles. The summed E-state index contributed by atoms with van der Waals surface area (Å²) in [7, 11) is 1.18. The number of carboxylic acids is 1. The van der Waals surface area contributed by atoms with Gasteiger partial charge < -0.3 is 20.5 Å². The van der Waals surface area contributed by atoms with Crippen molar-refractivity contribution in [1.29, 1.82) is 0 Å². The second kappa shape index (κ2) is 6.64. The molecular weight excluding hydrogens is 262 g/mol. The van der Waals surface area contributed by atoms with Crippen LogP contribution < -0.4 is 10.6 Å². The summed E-state index contributed by atoms with van der Waals surface area (Å²) >= 11 is 0. The normalized spacial score (nSPS) is 11.7. The van der Waals surface area contributed by atoms with E-state index in [2.05, 4.69) is 15.4 Å². The number of urea groups is 1. The van der Waals surface area contributed by atoms with Crippen molar-refractivity contribution in [2.24, 2.45) is 0 Å². The first-order valence-electron chi connectivity index (χ1n) is 5.19. The lowest BCUT2D eigenvalue weighted by molar-refractivity contribution is -0.147. The minimum Gasteiger partial charge on any atom is -0.479 e. The van der Waals surface area contributed by atoms with Crippen LogP contribution in [0.25, 0.3) is 0 Å². The number of amides is 2. The van der Waals surface area contributed by atoms with E-state index in [1.165, 1.54) is 7.11 Å². The molecule has 19 heavy (non-hydrogen) atoms. The number of halogens is 2. The number of benzene rings is 1. The number of carboxylic acid groups (broad SMARTS) is 1. The summed E-state index contributed by atoms with van der Waals surface area (Å²) in [6, 6.07) is 1.71. The first kappa shape index (κ1) is 14.8. The standard InChI is InChI=1S/C11H12F2N2O4/c1-19-9(10(16)17)5-14-11(18)15-8-3-6(12)2-7(13)4-8/h2-4,9H,5H2,1H3,(H,16,17)(H2,14,15,18). The van der Waals surface area contributed by atoms with Crippen LogP contribution >= 0.6 is 0 Å². The number of anilines is 1. The summed E-state index contributed by atoms with van der Waals surface area (Å²) in [6.07, 6.45) is -1.20. The molecule has 1 unspecified atom stereocenters. The molecule has 8 heteroatoms. The monoisotopic (exact) mass is 274 g/mol. The average molecular weight is 274 g/mol. The van der Waals surface area contributed by atoms with Gasteiger partial charge in [-0.05, 0) is 12.1 Å². The summed E-state index contributed by atoms with van der Waals surface area (Å²) in [4.78, 5) is 22.0. The molecule has 0 aliphatic rings. The number of aliphatic carboxylic acids is 1. The van der Waals surface area contributed by atoms with Gasteiger partial charge in [-0.2, -0.15) is 0 Å². The molecule has 0 radical (unpaired) electrons. The predicted octanol–water partition coefficient (Wildman–Crippen LogP) is 1.19. The Kier molecular flexibility index (Phi) is 5.19. The van der Waals surface area contributed by atoms with Crippen LogP contribution in [0, 0.1) is 11.6 Å². The molecule has 6 nitrogen and oxygen atoms in total. The molecule has 1 aromatic carbocycles. The van der Waals surface area contributed by atoms with E-state index in [4.69, 9.17) is 5.11 Å². The Morgan fingerprint density at radius 3 is 2.37 bits per heavy atom. The molecule has 3 N–H and O–H groups in total. The molecule has 0 heterocycles. The molecule has 1 atom stereocenters. The highest BCUT2D eigenvalue weighted by atomic mass is 19.1. The van der Waals surface area contributed by atoms with Crippen LogP contribution in [0.2, 0.25) is 0 Å². The van der Waals surface area contributed by atoms with Gasteiger partial charge in [0.05, 0.1) is 6.54 Å². The molecule has 0 saturated carbocycles. The fourth-order valence-corrected chi connectivity index (χ4v) is 1.26. The van der Waals surface area contributed by atoms with Gasteiger partial charge in [0.2, 0.25) is 0 Å². The highest BCUT2D eigenvalue weighted by Crippen LogP contribution is 2.12. The molecule has 0 fully saturated rings. The average Bonchev–Trinajstić information content (AvgIpc) is 2.27. The lowest BCUT2D eigenvalue weighted by Crippen LogP contribution is -2.39. The zero-order valence-electron chi connectivity index (χ0n) is 9.94. The number of ether oxygens (including phenoxy) is 1. The minimum atomic E-state index is -1.24. The van der Waals surface area contributed by atoms with E-state index in [-0.39, 0.29) is 12.2 Å². The van der Waals surface area contributed by atoms with Crippen LogP contribution in [0.15, 0.2) is 18.2 Å². The second-order valence-corrected chi connectivity index (χ2v) is 3.56. The van der Waals surface area contributed by atoms with Crippen molar-refractivity contribution in [3.63, 3.8) is 0 Å². The first-order valence-corrected chi connectivity index (χ1v) is 5.19. The molecule has 0 aromatic heterocycles. The molecule has 0 aliphatic carbocycles. The summed E-state index contributed by atoms with van der Waals surface area (Å²) in [6.45, 7) is -0.282. The van der Waals surface area contributed by atoms with Gasteiger partial charge in [-0.15, -0.1) is 0 Å². The SMILES string of the molecule is COC(CNC(=O)Nc1cc(F)cc(F)c1)C(=O)O. The zero-order chi connectivity index (χ0) is 14.4. The van der Waals surface area contributed by atoms with Crippen LogP contribution in [-0.4, -0.2) is 36.9 Å². The van der Waals surface area contributed by atoms with Gasteiger partial charge in [0, 0.05) is 18.9 Å². The van der Waals surface area contributed by atoms with E-state index in [0.29, 0.717) is 6.07 Å². The van der Waals surface area contributed by atoms with Gasteiger partial charge in [0.1, 0.15) is 11.6 Å². The molecule has 0 saturated heterocycles. The second-order valence-electron chi connectivity index (χ2n) is 3.56. The fraction of sp³-hybridized carbons (Fsp3) is 0.273. The van der Waals surface area contributed by atoms with Crippen molar-refractivity contribution in [2.45, 2.75) is 6.10 Å². The fourth-order valence-electron chi connectivity index (χ4n) is 1.26. The number of hydrogen-bond acceptors (Lipinski definition) is 3. The van der Waals surface area contributed by atoms with Gasteiger partial charge in [0.25, 0.3) is 0 Å². The third kappa shape index (κ3) is 4.88. The smallest absolute Gasteiger partial charge is 0.334 e. The van der Waals surface area contributed by atoms with Crippen LogP contribution in [0.4, 0.5) is 19.3 Å². The van der Waals surface area contributed by atoms with Crippen LogP contribution in [-0.2, 0) is 9.53 Å². The maximum absolute atomic E-state index is 12.8. The third-order valence-corrected chi connectivity index (χ3v) is 2.13. The van der Waals surface area contributed by atoms with Crippen LogP contribution in [0.1, 0.15) is 0 Å². The molecule has 1 rings (SSSR count). The summed E-state index contributed by atoms with van der Waals surface area (Å²) in [5, 5.41) is 13.0. The van der Waals surface area contributed by atoms with Gasteiger partial charge >= 0.3 is 12.0 Å². The topological polar surface area (TPSA) is 87.7 Å². The van der Waals surface area contributed by atoms with Crippen molar-refractivity contribution in [2.75, 3.05) is 19.0 Å². The number of carbonyl (C=O) groups excluding carboxylic acids is 1. The molecule has 2 amide bonds. The predicted molar refractivity (Wildman–Crippen MR) is 61.8 cm³/mol. The Labute approximate surface area is 107 Å². The Bertz CT molecular complexity index is 462. The quantitative estimate of drug-likeness (QED) is 0.752. The summed E-state index contributed by atoms with van der Waals surface area (Å²) < 4.78 is 30.3. The molecule has 0 spiro atoms. The summed E-state index contributed by atoms with van der Waals surface area (Å²) in [5.74, 6) is -2.91. The largest absolute Gasteiger partial charge is 0.479 e. The molecular formula is C11H12F2N2O4. The van der Waals surface area contributed by atoms with Crippen LogP contribution in [0.5, 0.6) is 0 Å². The van der Waals surface area contributed by atoms with Gasteiger partial charge in [-0.25, -0.2) is 18.4 Å². The Morgan fingerprint density at radius 1 is 1.32 bits per heavy atom. The number of carbonyl (C=O) groups is 2. The molecule has 104 valence electrons. The van der Waals surface area contributed by atoms with Crippen molar-refractivity contribution in [1.82, 2.24) is 5.32 Å². The summed E-state index contributed by atoms with van der Waals surface area (Å²) in [5.41, 5.74) is -0.0840. The van der Waals surface area contributed by atoms with Crippen molar-refractivity contribution in [3.05, 3.63) is 29.8 Å².